The van der Waals surface area contributed by atoms with Gasteiger partial charge in [0.25, 0.3) is 0 Å². The molecule has 0 aromatic heterocycles. The molecule has 2 N–H and O–H groups in total. The van der Waals surface area contributed by atoms with Gasteiger partial charge in [-0.25, -0.2) is 0 Å². The van der Waals surface area contributed by atoms with Gasteiger partial charge in [-0.3, -0.25) is 9.59 Å². The number of aromatic hydroxyl groups is 1. The summed E-state index contributed by atoms with van der Waals surface area (Å²) < 4.78 is 16.9. The van der Waals surface area contributed by atoms with Gasteiger partial charge < -0.3 is 24.4 Å². The number of ether oxygens (including phenoxy) is 3. The number of phenolic OH excluding ortho intramolecular Hbond substituents is 1. The third-order valence-electron chi connectivity index (χ3n) is 4.40. The highest BCUT2D eigenvalue weighted by molar-refractivity contribution is 6.14. The fraction of sp³-hybridized carbons (Fsp3) is 0.238. The molecule has 3 rings (SSSR count). The minimum atomic E-state index is -0.985. The number of carboxylic acid groups (broad SMARTS) is 1. The van der Waals surface area contributed by atoms with E-state index in [0.29, 0.717) is 5.56 Å². The molecule has 1 heterocycles. The number of phenols is 1. The van der Waals surface area contributed by atoms with Crippen LogP contribution < -0.4 is 9.47 Å². The lowest BCUT2D eigenvalue weighted by atomic mass is 9.96. The van der Waals surface area contributed by atoms with Gasteiger partial charge in [0.2, 0.25) is 12.1 Å². The van der Waals surface area contributed by atoms with E-state index >= 15 is 0 Å². The number of aryl methyl sites for hydroxylation is 1. The molecule has 28 heavy (non-hydrogen) atoms. The van der Waals surface area contributed by atoms with Gasteiger partial charge in [0.15, 0.2) is 0 Å². The number of carbonyl (C=O) groups is 2. The van der Waals surface area contributed by atoms with Gasteiger partial charge in [-0.2, -0.15) is 0 Å². The summed E-state index contributed by atoms with van der Waals surface area (Å²) >= 11 is 0. The molecular formula is C21H20O7. The van der Waals surface area contributed by atoms with Crippen LogP contribution >= 0.6 is 0 Å². The molecule has 0 radical (unpaired) electrons. The zero-order chi connectivity index (χ0) is 20.4. The van der Waals surface area contributed by atoms with E-state index in [-0.39, 0.29) is 28.4 Å². The third-order valence-corrected chi connectivity index (χ3v) is 4.40. The fourth-order valence-corrected chi connectivity index (χ4v) is 2.93. The van der Waals surface area contributed by atoms with E-state index in [1.165, 1.54) is 32.4 Å². The Kier molecular flexibility index (Phi) is 5.37. The van der Waals surface area contributed by atoms with Crippen LogP contribution in [0.3, 0.4) is 0 Å². The number of carbonyl (C=O) groups excluding carboxylic acids is 1. The molecule has 2 aromatic carbocycles. The van der Waals surface area contributed by atoms with Gasteiger partial charge in [0.05, 0.1) is 17.7 Å². The summed E-state index contributed by atoms with van der Waals surface area (Å²) in [5.41, 5.74) is 1.41. The lowest BCUT2D eigenvalue weighted by Crippen LogP contribution is -2.12. The molecule has 0 spiro atoms. The summed E-state index contributed by atoms with van der Waals surface area (Å²) in [6.07, 6.45) is 1.68. The summed E-state index contributed by atoms with van der Waals surface area (Å²) in [5, 5.41) is 19.3. The standard InChI is InChI=1S/C21H20O7/c1-11-9-14(22)18-16(10-11)28-21(26-3)17-13(19(18)23)5-4-6-15(17)27-8-7-12(2)20(24)25/h4-10,12,21-22H,1-3H3,(H,24,25). The smallest absolute Gasteiger partial charge is 0.310 e. The molecule has 2 atom stereocenters. The molecular weight excluding hydrogens is 364 g/mol. The SMILES string of the molecule is COC1Oc2cc(C)cc(O)c2C(=O)c2cccc(OC=CC(C)C(=O)O)c21. The summed E-state index contributed by atoms with van der Waals surface area (Å²) in [5.74, 6) is -1.81. The second kappa shape index (κ2) is 7.74. The predicted molar refractivity (Wildman–Crippen MR) is 99.7 cm³/mol. The van der Waals surface area contributed by atoms with E-state index in [1.807, 2.05) is 0 Å². The van der Waals surface area contributed by atoms with E-state index in [1.54, 1.807) is 31.2 Å². The van der Waals surface area contributed by atoms with Crippen molar-refractivity contribution in [3.05, 3.63) is 64.9 Å². The van der Waals surface area contributed by atoms with Crippen molar-refractivity contribution in [2.45, 2.75) is 20.1 Å². The summed E-state index contributed by atoms with van der Waals surface area (Å²) in [6, 6.07) is 7.99. The normalized spacial score (nSPS) is 16.7. The third kappa shape index (κ3) is 3.57. The van der Waals surface area contributed by atoms with E-state index in [2.05, 4.69) is 0 Å². The Morgan fingerprint density at radius 3 is 2.75 bits per heavy atom. The second-order valence-electron chi connectivity index (χ2n) is 6.46. The van der Waals surface area contributed by atoms with Crippen molar-refractivity contribution in [3.8, 4) is 17.2 Å². The Labute approximate surface area is 161 Å². The van der Waals surface area contributed by atoms with Crippen molar-refractivity contribution >= 4 is 11.8 Å². The first-order chi connectivity index (χ1) is 13.3. The first kappa shape index (κ1) is 19.4. The van der Waals surface area contributed by atoms with Gasteiger partial charge in [-0.05, 0) is 43.7 Å². The van der Waals surface area contributed by atoms with Crippen molar-refractivity contribution < 1.29 is 34.0 Å². The number of ketones is 1. The number of methoxy groups -OCH3 is 1. The topological polar surface area (TPSA) is 102 Å². The van der Waals surface area contributed by atoms with Crippen molar-refractivity contribution in [2.24, 2.45) is 5.92 Å². The van der Waals surface area contributed by atoms with E-state index in [4.69, 9.17) is 19.3 Å². The van der Waals surface area contributed by atoms with Crippen molar-refractivity contribution in [3.63, 3.8) is 0 Å². The number of fused-ring (bicyclic) bond motifs is 2. The van der Waals surface area contributed by atoms with Crippen molar-refractivity contribution in [1.29, 1.82) is 0 Å². The molecule has 0 fully saturated rings. The highest BCUT2D eigenvalue weighted by Gasteiger charge is 2.33. The maximum atomic E-state index is 13.1. The van der Waals surface area contributed by atoms with Crippen LogP contribution in [0.15, 0.2) is 42.7 Å². The van der Waals surface area contributed by atoms with E-state index in [0.717, 1.165) is 5.56 Å². The van der Waals surface area contributed by atoms with Crippen molar-refractivity contribution in [2.75, 3.05) is 7.11 Å². The molecule has 1 aliphatic rings. The number of aliphatic carboxylic acids is 1. The summed E-state index contributed by atoms with van der Waals surface area (Å²) in [7, 11) is 1.43. The van der Waals surface area contributed by atoms with Gasteiger partial charge in [0.1, 0.15) is 22.8 Å². The summed E-state index contributed by atoms with van der Waals surface area (Å²) in [4.78, 5) is 24.0. The average Bonchev–Trinajstić information content (AvgIpc) is 2.76. The monoisotopic (exact) mass is 384 g/mol. The van der Waals surface area contributed by atoms with Crippen molar-refractivity contribution in [1.82, 2.24) is 0 Å². The Hall–Kier alpha value is -3.32. The molecule has 1 aliphatic heterocycles. The van der Waals surface area contributed by atoms with Gasteiger partial charge in [0, 0.05) is 12.7 Å². The van der Waals surface area contributed by atoms with Crippen LogP contribution in [0.25, 0.3) is 0 Å². The van der Waals surface area contributed by atoms with Crippen LogP contribution in [-0.4, -0.2) is 29.1 Å². The first-order valence-electron chi connectivity index (χ1n) is 8.60. The first-order valence-corrected chi connectivity index (χ1v) is 8.60. The van der Waals surface area contributed by atoms with Crippen LogP contribution in [-0.2, 0) is 9.53 Å². The Bertz CT molecular complexity index is 961. The number of benzene rings is 2. The van der Waals surface area contributed by atoms with Crippen LogP contribution in [0, 0.1) is 12.8 Å². The number of hydrogen-bond donors (Lipinski definition) is 2. The number of hydrogen-bond acceptors (Lipinski definition) is 6. The predicted octanol–water partition coefficient (Wildman–Crippen LogP) is 3.58. The number of rotatable bonds is 5. The van der Waals surface area contributed by atoms with Gasteiger partial charge >= 0.3 is 5.97 Å². The Morgan fingerprint density at radius 1 is 1.32 bits per heavy atom. The average molecular weight is 384 g/mol. The highest BCUT2D eigenvalue weighted by atomic mass is 16.7. The van der Waals surface area contributed by atoms with Crippen LogP contribution in [0.1, 0.15) is 40.3 Å². The lowest BCUT2D eigenvalue weighted by Gasteiger charge is -2.19. The quantitative estimate of drug-likeness (QED) is 0.760. The van der Waals surface area contributed by atoms with E-state index < -0.39 is 24.0 Å². The van der Waals surface area contributed by atoms with Crippen LogP contribution in [0.2, 0.25) is 0 Å². The summed E-state index contributed by atoms with van der Waals surface area (Å²) in [6.45, 7) is 3.29. The highest BCUT2D eigenvalue weighted by Crippen LogP contribution is 2.42. The zero-order valence-corrected chi connectivity index (χ0v) is 15.6. The maximum Gasteiger partial charge on any atom is 0.310 e. The molecule has 146 valence electrons. The van der Waals surface area contributed by atoms with Crippen LogP contribution in [0.5, 0.6) is 17.2 Å². The zero-order valence-electron chi connectivity index (χ0n) is 15.6. The minimum Gasteiger partial charge on any atom is -0.507 e. The van der Waals surface area contributed by atoms with E-state index in [9.17, 15) is 14.7 Å². The molecule has 2 aromatic rings. The van der Waals surface area contributed by atoms with Gasteiger partial charge in [-0.1, -0.05) is 12.1 Å². The molecule has 0 amide bonds. The molecule has 0 saturated carbocycles. The van der Waals surface area contributed by atoms with Crippen LogP contribution in [0.4, 0.5) is 0 Å². The molecule has 2 unspecified atom stereocenters. The fourth-order valence-electron chi connectivity index (χ4n) is 2.93. The van der Waals surface area contributed by atoms with Gasteiger partial charge in [-0.15, -0.1) is 0 Å². The molecule has 0 saturated heterocycles. The molecule has 7 nitrogen and oxygen atoms in total. The molecule has 7 heteroatoms. The largest absolute Gasteiger partial charge is 0.507 e. The molecule has 0 bridgehead atoms. The number of carboxylic acids is 1. The Balaban J connectivity index is 2.08. The molecule has 0 aliphatic carbocycles. The maximum absolute atomic E-state index is 13.1. The second-order valence-corrected chi connectivity index (χ2v) is 6.46. The lowest BCUT2D eigenvalue weighted by molar-refractivity contribution is -0.139. The minimum absolute atomic E-state index is 0.0543. The Morgan fingerprint density at radius 2 is 2.07 bits per heavy atom.